The van der Waals surface area contributed by atoms with Gasteiger partial charge in [-0.2, -0.15) is 0 Å². The first-order chi connectivity index (χ1) is 7.33. The Hall–Kier alpha value is -0.960. The quantitative estimate of drug-likeness (QED) is 0.831. The molecule has 15 heavy (non-hydrogen) atoms. The molecule has 0 fully saturated rings. The molecular formula is C12H17NOS. The van der Waals surface area contributed by atoms with Crippen molar-refractivity contribution in [1.29, 1.82) is 0 Å². The van der Waals surface area contributed by atoms with Crippen LogP contribution in [0.25, 0.3) is 0 Å². The zero-order valence-electron chi connectivity index (χ0n) is 9.03. The van der Waals surface area contributed by atoms with Gasteiger partial charge < -0.3 is 5.32 Å². The van der Waals surface area contributed by atoms with Gasteiger partial charge in [-0.15, -0.1) is 0 Å². The Morgan fingerprint density at radius 2 is 2.07 bits per heavy atom. The molecule has 1 rings (SSSR count). The minimum absolute atomic E-state index is 0.0905. The number of hydrogen-bond donors (Lipinski definition) is 1. The molecule has 0 saturated heterocycles. The summed E-state index contributed by atoms with van der Waals surface area (Å²) >= 11 is 1.36. The van der Waals surface area contributed by atoms with E-state index in [9.17, 15) is 4.79 Å². The van der Waals surface area contributed by atoms with E-state index in [-0.39, 0.29) is 5.24 Å². The average Bonchev–Trinajstić information content (AvgIpc) is 2.28. The molecule has 1 aromatic carbocycles. The molecule has 0 aliphatic rings. The third kappa shape index (κ3) is 5.47. The second-order valence-corrected chi connectivity index (χ2v) is 4.37. The fraction of sp³-hybridized carbons (Fsp3) is 0.417. The SMILES string of the molecule is CCCSC(=O)NCCc1ccccc1. The Kier molecular flexibility index (Phi) is 5.93. The molecule has 1 N–H and O–H groups in total. The van der Waals surface area contributed by atoms with Gasteiger partial charge in [0.2, 0.25) is 0 Å². The fourth-order valence-corrected chi connectivity index (χ4v) is 1.79. The number of benzene rings is 1. The monoisotopic (exact) mass is 223 g/mol. The Labute approximate surface area is 95.5 Å². The molecule has 0 heterocycles. The van der Waals surface area contributed by atoms with Crippen molar-refractivity contribution in [1.82, 2.24) is 5.32 Å². The summed E-state index contributed by atoms with van der Waals surface area (Å²) in [7, 11) is 0. The molecule has 0 aromatic heterocycles. The van der Waals surface area contributed by atoms with E-state index in [1.165, 1.54) is 17.3 Å². The lowest BCUT2D eigenvalue weighted by molar-refractivity contribution is 0.261. The summed E-state index contributed by atoms with van der Waals surface area (Å²) < 4.78 is 0. The maximum Gasteiger partial charge on any atom is 0.279 e. The van der Waals surface area contributed by atoms with Gasteiger partial charge in [-0.1, -0.05) is 49.0 Å². The van der Waals surface area contributed by atoms with Crippen LogP contribution in [0.15, 0.2) is 30.3 Å². The molecule has 3 heteroatoms. The standard InChI is InChI=1S/C12H17NOS/c1-2-10-15-12(14)13-9-8-11-6-4-3-5-7-11/h3-7H,2,8-10H2,1H3,(H,13,14). The van der Waals surface area contributed by atoms with Crippen LogP contribution in [-0.2, 0) is 6.42 Å². The van der Waals surface area contributed by atoms with Crippen LogP contribution in [0.1, 0.15) is 18.9 Å². The zero-order valence-corrected chi connectivity index (χ0v) is 9.85. The van der Waals surface area contributed by atoms with Crippen LogP contribution < -0.4 is 5.32 Å². The van der Waals surface area contributed by atoms with Crippen molar-refractivity contribution in [3.8, 4) is 0 Å². The van der Waals surface area contributed by atoms with Crippen molar-refractivity contribution in [2.75, 3.05) is 12.3 Å². The summed E-state index contributed by atoms with van der Waals surface area (Å²) in [4.78, 5) is 11.2. The maximum absolute atomic E-state index is 11.2. The van der Waals surface area contributed by atoms with E-state index in [1.807, 2.05) is 18.2 Å². The smallest absolute Gasteiger partial charge is 0.279 e. The summed E-state index contributed by atoms with van der Waals surface area (Å²) in [5.74, 6) is 0.900. The Morgan fingerprint density at radius 3 is 2.73 bits per heavy atom. The van der Waals surface area contributed by atoms with E-state index in [2.05, 4.69) is 24.4 Å². The summed E-state index contributed by atoms with van der Waals surface area (Å²) in [6.45, 7) is 2.80. The lowest BCUT2D eigenvalue weighted by Crippen LogP contribution is -2.21. The first-order valence-electron chi connectivity index (χ1n) is 5.27. The normalized spacial score (nSPS) is 9.93. The van der Waals surface area contributed by atoms with Gasteiger partial charge >= 0.3 is 0 Å². The van der Waals surface area contributed by atoms with Crippen molar-refractivity contribution in [2.45, 2.75) is 19.8 Å². The van der Waals surface area contributed by atoms with Gasteiger partial charge in [-0.3, -0.25) is 4.79 Å². The summed E-state index contributed by atoms with van der Waals surface area (Å²) in [5.41, 5.74) is 1.26. The molecular weight excluding hydrogens is 206 g/mol. The van der Waals surface area contributed by atoms with E-state index < -0.39 is 0 Å². The highest BCUT2D eigenvalue weighted by Gasteiger charge is 1.99. The summed E-state index contributed by atoms with van der Waals surface area (Å²) in [6.07, 6.45) is 1.94. The first-order valence-corrected chi connectivity index (χ1v) is 6.26. The third-order valence-electron chi connectivity index (χ3n) is 1.96. The van der Waals surface area contributed by atoms with Crippen LogP contribution in [0.5, 0.6) is 0 Å². The van der Waals surface area contributed by atoms with Crippen molar-refractivity contribution in [3.63, 3.8) is 0 Å². The lowest BCUT2D eigenvalue weighted by Gasteiger charge is -2.03. The molecule has 0 aliphatic carbocycles. The van der Waals surface area contributed by atoms with Gasteiger partial charge in [-0.05, 0) is 18.4 Å². The van der Waals surface area contributed by atoms with Crippen LogP contribution >= 0.6 is 11.8 Å². The molecule has 1 amide bonds. The van der Waals surface area contributed by atoms with Crippen molar-refractivity contribution in [2.24, 2.45) is 0 Å². The number of rotatable bonds is 5. The van der Waals surface area contributed by atoms with Crippen LogP contribution in [0, 0.1) is 0 Å². The lowest BCUT2D eigenvalue weighted by atomic mass is 10.2. The number of nitrogens with one attached hydrogen (secondary N) is 1. The summed E-state index contributed by atoms with van der Waals surface area (Å²) in [5, 5.41) is 2.98. The average molecular weight is 223 g/mol. The molecule has 0 radical (unpaired) electrons. The Morgan fingerprint density at radius 1 is 1.33 bits per heavy atom. The highest BCUT2D eigenvalue weighted by Crippen LogP contribution is 2.03. The fourth-order valence-electron chi connectivity index (χ4n) is 1.20. The summed E-state index contributed by atoms with van der Waals surface area (Å²) in [6, 6.07) is 10.2. The van der Waals surface area contributed by atoms with Gasteiger partial charge in [0, 0.05) is 12.3 Å². The first kappa shape index (κ1) is 12.1. The minimum atomic E-state index is 0.0905. The molecule has 0 spiro atoms. The van der Waals surface area contributed by atoms with E-state index in [1.54, 1.807) is 0 Å². The van der Waals surface area contributed by atoms with E-state index in [0.29, 0.717) is 0 Å². The largest absolute Gasteiger partial charge is 0.347 e. The number of carbonyl (C=O) groups is 1. The number of hydrogen-bond acceptors (Lipinski definition) is 2. The van der Waals surface area contributed by atoms with Crippen LogP contribution in [0.3, 0.4) is 0 Å². The molecule has 0 atom stereocenters. The molecule has 82 valence electrons. The van der Waals surface area contributed by atoms with Crippen molar-refractivity contribution < 1.29 is 4.79 Å². The van der Waals surface area contributed by atoms with Crippen LogP contribution in [0.2, 0.25) is 0 Å². The Bertz CT molecular complexity index is 287. The van der Waals surface area contributed by atoms with Crippen LogP contribution in [-0.4, -0.2) is 17.5 Å². The van der Waals surface area contributed by atoms with E-state index >= 15 is 0 Å². The van der Waals surface area contributed by atoms with Gasteiger partial charge in [0.1, 0.15) is 0 Å². The van der Waals surface area contributed by atoms with E-state index in [4.69, 9.17) is 0 Å². The number of carbonyl (C=O) groups excluding carboxylic acids is 1. The topological polar surface area (TPSA) is 29.1 Å². The maximum atomic E-state index is 11.2. The highest BCUT2D eigenvalue weighted by atomic mass is 32.2. The van der Waals surface area contributed by atoms with Gasteiger partial charge in [0.05, 0.1) is 0 Å². The minimum Gasteiger partial charge on any atom is -0.347 e. The predicted octanol–water partition coefficient (Wildman–Crippen LogP) is 3.08. The van der Waals surface area contributed by atoms with Crippen molar-refractivity contribution >= 4 is 17.0 Å². The second-order valence-electron chi connectivity index (χ2n) is 3.30. The van der Waals surface area contributed by atoms with Gasteiger partial charge in [0.15, 0.2) is 0 Å². The third-order valence-corrected chi connectivity index (χ3v) is 2.98. The van der Waals surface area contributed by atoms with Crippen molar-refractivity contribution in [3.05, 3.63) is 35.9 Å². The molecule has 2 nitrogen and oxygen atoms in total. The Balaban J connectivity index is 2.14. The van der Waals surface area contributed by atoms with E-state index in [0.717, 1.165) is 25.1 Å². The predicted molar refractivity (Wildman–Crippen MR) is 66.3 cm³/mol. The highest BCUT2D eigenvalue weighted by molar-refractivity contribution is 8.13. The number of thioether (sulfide) groups is 1. The van der Waals surface area contributed by atoms with Gasteiger partial charge in [-0.25, -0.2) is 0 Å². The molecule has 0 saturated carbocycles. The second kappa shape index (κ2) is 7.35. The molecule has 0 aliphatic heterocycles. The zero-order chi connectivity index (χ0) is 10.9. The van der Waals surface area contributed by atoms with Gasteiger partial charge in [0.25, 0.3) is 5.24 Å². The molecule has 1 aromatic rings. The molecule has 0 unspecified atom stereocenters. The number of amides is 1. The van der Waals surface area contributed by atoms with Crippen LogP contribution in [0.4, 0.5) is 4.79 Å². The molecule has 0 bridgehead atoms.